The van der Waals surface area contributed by atoms with Gasteiger partial charge in [-0.05, 0) is 39.2 Å². The molecule has 1 aliphatic carbocycles. The molecule has 1 aliphatic heterocycles. The van der Waals surface area contributed by atoms with Gasteiger partial charge in [0.05, 0.1) is 18.8 Å². The lowest BCUT2D eigenvalue weighted by Gasteiger charge is -2.30. The van der Waals surface area contributed by atoms with E-state index in [1.165, 1.54) is 12.8 Å². The molecule has 0 aromatic carbocycles. The van der Waals surface area contributed by atoms with E-state index >= 15 is 0 Å². The Morgan fingerprint density at radius 2 is 2.11 bits per heavy atom. The summed E-state index contributed by atoms with van der Waals surface area (Å²) in [6, 6.07) is 0.505. The summed E-state index contributed by atoms with van der Waals surface area (Å²) in [5.41, 5.74) is 5.00. The lowest BCUT2D eigenvalue weighted by atomic mass is 9.94. The van der Waals surface area contributed by atoms with E-state index in [2.05, 4.69) is 10.2 Å². The van der Waals surface area contributed by atoms with Crippen molar-refractivity contribution in [3.63, 3.8) is 0 Å². The van der Waals surface area contributed by atoms with Crippen LogP contribution in [0.2, 0.25) is 0 Å². The molecule has 2 aliphatic rings. The maximum absolute atomic E-state index is 11.6. The summed E-state index contributed by atoms with van der Waals surface area (Å²) in [4.78, 5) is 14.0. The molecule has 1 amide bonds. The van der Waals surface area contributed by atoms with Crippen molar-refractivity contribution in [3.8, 4) is 0 Å². The number of rotatable bonds is 7. The zero-order chi connectivity index (χ0) is 13.0. The summed E-state index contributed by atoms with van der Waals surface area (Å²) in [5, 5.41) is 3.39. The molecule has 1 saturated carbocycles. The zero-order valence-corrected chi connectivity index (χ0v) is 11.3. The molecule has 5 nitrogen and oxygen atoms in total. The first-order valence-corrected chi connectivity index (χ1v) is 6.98. The average molecular weight is 255 g/mol. The van der Waals surface area contributed by atoms with Gasteiger partial charge in [0, 0.05) is 19.1 Å². The van der Waals surface area contributed by atoms with Crippen LogP contribution in [-0.2, 0) is 9.53 Å². The minimum absolute atomic E-state index is 0.226. The molecule has 104 valence electrons. The zero-order valence-electron chi connectivity index (χ0n) is 11.3. The molecule has 0 aromatic heterocycles. The fourth-order valence-electron chi connectivity index (χ4n) is 2.43. The average Bonchev–Trinajstić information content (AvgIpc) is 3.14. The third kappa shape index (κ3) is 3.93. The second-order valence-corrected chi connectivity index (χ2v) is 5.67. The van der Waals surface area contributed by atoms with Crippen LogP contribution in [0.15, 0.2) is 0 Å². The van der Waals surface area contributed by atoms with E-state index in [0.717, 1.165) is 45.7 Å². The van der Waals surface area contributed by atoms with Crippen LogP contribution in [0, 0.1) is 0 Å². The van der Waals surface area contributed by atoms with Crippen molar-refractivity contribution in [1.82, 2.24) is 10.2 Å². The highest BCUT2D eigenvalue weighted by Crippen LogP contribution is 2.24. The van der Waals surface area contributed by atoms with E-state index in [-0.39, 0.29) is 5.91 Å². The molecule has 0 spiro atoms. The number of nitrogens with zero attached hydrogens (tertiary/aromatic N) is 1. The maximum Gasteiger partial charge on any atom is 0.237 e. The Labute approximate surface area is 109 Å². The van der Waals surface area contributed by atoms with E-state index in [4.69, 9.17) is 10.5 Å². The van der Waals surface area contributed by atoms with Crippen molar-refractivity contribution in [2.24, 2.45) is 5.73 Å². The van der Waals surface area contributed by atoms with Crippen molar-refractivity contribution >= 4 is 5.91 Å². The third-order valence-corrected chi connectivity index (χ3v) is 3.90. The Bertz CT molecular complexity index is 288. The highest BCUT2D eigenvalue weighted by molar-refractivity contribution is 5.84. The molecular weight excluding hydrogens is 230 g/mol. The summed E-state index contributed by atoms with van der Waals surface area (Å²) in [5.74, 6) is -0.226. The number of hydrogen-bond donors (Lipinski definition) is 2. The molecule has 2 fully saturated rings. The van der Waals surface area contributed by atoms with E-state index in [1.54, 1.807) is 0 Å². The smallest absolute Gasteiger partial charge is 0.237 e. The van der Waals surface area contributed by atoms with Gasteiger partial charge in [-0.3, -0.25) is 9.69 Å². The Hall–Kier alpha value is -0.650. The van der Waals surface area contributed by atoms with E-state index < -0.39 is 5.54 Å². The van der Waals surface area contributed by atoms with Crippen LogP contribution in [-0.4, -0.2) is 55.2 Å². The standard InChI is InChI=1S/C13H25N3O2/c1-13(12(14)17,15-11-3-4-11)5-2-6-16-7-9-18-10-8-16/h11,15H,2-10H2,1H3,(H2,14,17). The summed E-state index contributed by atoms with van der Waals surface area (Å²) >= 11 is 0. The number of carbonyl (C=O) groups is 1. The monoisotopic (exact) mass is 255 g/mol. The molecule has 1 heterocycles. The second kappa shape index (κ2) is 5.99. The quantitative estimate of drug-likeness (QED) is 0.677. The van der Waals surface area contributed by atoms with Gasteiger partial charge in [-0.1, -0.05) is 0 Å². The topological polar surface area (TPSA) is 67.6 Å². The third-order valence-electron chi connectivity index (χ3n) is 3.90. The van der Waals surface area contributed by atoms with Crippen molar-refractivity contribution in [1.29, 1.82) is 0 Å². The summed E-state index contributed by atoms with van der Waals surface area (Å²) < 4.78 is 5.32. The Morgan fingerprint density at radius 1 is 1.44 bits per heavy atom. The first-order chi connectivity index (χ1) is 8.60. The number of carbonyl (C=O) groups excluding carboxylic acids is 1. The Balaban J connectivity index is 1.72. The van der Waals surface area contributed by atoms with Gasteiger partial charge in [-0.25, -0.2) is 0 Å². The fraction of sp³-hybridized carbons (Fsp3) is 0.923. The second-order valence-electron chi connectivity index (χ2n) is 5.67. The molecule has 0 aromatic rings. The first kappa shape index (κ1) is 13.8. The van der Waals surface area contributed by atoms with Crippen LogP contribution < -0.4 is 11.1 Å². The van der Waals surface area contributed by atoms with E-state index in [9.17, 15) is 4.79 Å². The summed E-state index contributed by atoms with van der Waals surface area (Å²) in [6.07, 6.45) is 4.16. The van der Waals surface area contributed by atoms with Gasteiger partial charge in [0.2, 0.25) is 5.91 Å². The fourth-order valence-corrected chi connectivity index (χ4v) is 2.43. The van der Waals surface area contributed by atoms with Crippen LogP contribution in [0.4, 0.5) is 0 Å². The van der Waals surface area contributed by atoms with Gasteiger partial charge >= 0.3 is 0 Å². The molecule has 1 atom stereocenters. The summed E-state index contributed by atoms with van der Waals surface area (Å²) in [6.45, 7) is 6.62. The number of nitrogens with one attached hydrogen (secondary N) is 1. The van der Waals surface area contributed by atoms with Gasteiger partial charge in [0.25, 0.3) is 0 Å². The maximum atomic E-state index is 11.6. The number of nitrogens with two attached hydrogens (primary N) is 1. The molecule has 18 heavy (non-hydrogen) atoms. The minimum atomic E-state index is -0.534. The van der Waals surface area contributed by atoms with Gasteiger partial charge in [-0.15, -0.1) is 0 Å². The number of ether oxygens (including phenoxy) is 1. The Morgan fingerprint density at radius 3 is 2.67 bits per heavy atom. The van der Waals surface area contributed by atoms with Crippen molar-refractivity contribution in [3.05, 3.63) is 0 Å². The SMILES string of the molecule is CC(CCCN1CCOCC1)(NC1CC1)C(N)=O. The minimum Gasteiger partial charge on any atom is -0.379 e. The van der Waals surface area contributed by atoms with Gasteiger partial charge in [-0.2, -0.15) is 0 Å². The number of primary amides is 1. The largest absolute Gasteiger partial charge is 0.379 e. The molecule has 1 saturated heterocycles. The highest BCUT2D eigenvalue weighted by atomic mass is 16.5. The predicted octanol–water partition coefficient (Wildman–Crippen LogP) is 0.0948. The molecule has 0 bridgehead atoms. The number of morpholine rings is 1. The molecule has 5 heteroatoms. The molecule has 2 rings (SSSR count). The van der Waals surface area contributed by atoms with Crippen LogP contribution in [0.5, 0.6) is 0 Å². The van der Waals surface area contributed by atoms with Crippen LogP contribution in [0.3, 0.4) is 0 Å². The van der Waals surface area contributed by atoms with E-state index in [1.807, 2.05) is 6.92 Å². The lowest BCUT2D eigenvalue weighted by Crippen LogP contribution is -2.54. The van der Waals surface area contributed by atoms with Crippen LogP contribution in [0.25, 0.3) is 0 Å². The van der Waals surface area contributed by atoms with Gasteiger partial charge in [0.1, 0.15) is 0 Å². The normalized spacial score (nSPS) is 24.7. The van der Waals surface area contributed by atoms with Crippen molar-refractivity contribution in [2.75, 3.05) is 32.8 Å². The van der Waals surface area contributed by atoms with Gasteiger partial charge in [0.15, 0.2) is 0 Å². The molecule has 0 radical (unpaired) electrons. The molecule has 1 unspecified atom stereocenters. The van der Waals surface area contributed by atoms with Crippen LogP contribution in [0.1, 0.15) is 32.6 Å². The Kier molecular flexibility index (Phi) is 4.59. The van der Waals surface area contributed by atoms with Crippen molar-refractivity contribution < 1.29 is 9.53 Å². The highest BCUT2D eigenvalue weighted by Gasteiger charge is 2.36. The molecular formula is C13H25N3O2. The predicted molar refractivity (Wildman–Crippen MR) is 70.3 cm³/mol. The van der Waals surface area contributed by atoms with Crippen LogP contribution >= 0.6 is 0 Å². The lowest BCUT2D eigenvalue weighted by molar-refractivity contribution is -0.124. The van der Waals surface area contributed by atoms with Crippen molar-refractivity contribution in [2.45, 2.75) is 44.2 Å². The molecule has 3 N–H and O–H groups in total. The van der Waals surface area contributed by atoms with E-state index in [0.29, 0.717) is 6.04 Å². The first-order valence-electron chi connectivity index (χ1n) is 6.98. The summed E-state index contributed by atoms with van der Waals surface area (Å²) in [7, 11) is 0. The van der Waals surface area contributed by atoms with Gasteiger partial charge < -0.3 is 15.8 Å². The number of amides is 1. The number of hydrogen-bond acceptors (Lipinski definition) is 4.